The molecule has 0 aliphatic heterocycles. The lowest BCUT2D eigenvalue weighted by atomic mass is 9.98. The summed E-state index contributed by atoms with van der Waals surface area (Å²) in [5.74, 6) is 0.426. The molecule has 6 heteroatoms. The summed E-state index contributed by atoms with van der Waals surface area (Å²) in [5, 5.41) is 13.5. The van der Waals surface area contributed by atoms with Gasteiger partial charge in [-0.25, -0.2) is 0 Å². The van der Waals surface area contributed by atoms with Crippen LogP contribution >= 0.6 is 0 Å². The van der Waals surface area contributed by atoms with Crippen LogP contribution in [0.5, 0.6) is 0 Å². The van der Waals surface area contributed by atoms with Crippen LogP contribution in [0.1, 0.15) is 42.6 Å². The lowest BCUT2D eigenvalue weighted by Gasteiger charge is -2.22. The highest BCUT2D eigenvalue weighted by Gasteiger charge is 2.13. The number of rotatable bonds is 6. The first-order chi connectivity index (χ1) is 9.79. The lowest BCUT2D eigenvalue weighted by molar-refractivity contribution is 0.0347. The first kappa shape index (κ1) is 14.7. The molecule has 6 nitrogen and oxygen atoms in total. The highest BCUT2D eigenvalue weighted by Crippen LogP contribution is 2.19. The molecule has 1 aromatic rings. The van der Waals surface area contributed by atoms with Crippen molar-refractivity contribution in [2.24, 2.45) is 0 Å². The van der Waals surface area contributed by atoms with E-state index in [1.807, 2.05) is 0 Å². The molecular weight excluding hydrogens is 256 g/mol. The third-order valence-corrected chi connectivity index (χ3v) is 3.44. The topological polar surface area (TPSA) is 76.1 Å². The maximum Gasteiger partial charge on any atom is 0.271 e. The fraction of sp³-hybridized carbons (Fsp3) is 0.643. The van der Waals surface area contributed by atoms with Crippen molar-refractivity contribution in [3.8, 4) is 0 Å². The number of ether oxygens (including phenoxy) is 1. The molecule has 1 aliphatic carbocycles. The summed E-state index contributed by atoms with van der Waals surface area (Å²) in [7, 11) is 1.57. The second kappa shape index (κ2) is 7.79. The van der Waals surface area contributed by atoms with Crippen molar-refractivity contribution in [1.82, 2.24) is 15.5 Å². The molecule has 20 heavy (non-hydrogen) atoms. The van der Waals surface area contributed by atoms with Crippen molar-refractivity contribution < 1.29 is 9.53 Å². The number of amides is 1. The predicted molar refractivity (Wildman–Crippen MR) is 76.7 cm³/mol. The van der Waals surface area contributed by atoms with E-state index in [0.717, 1.165) is 0 Å². The van der Waals surface area contributed by atoms with Crippen LogP contribution in [-0.2, 0) is 4.74 Å². The normalized spacial score (nSPS) is 15.8. The molecule has 0 radical (unpaired) electrons. The van der Waals surface area contributed by atoms with Crippen molar-refractivity contribution in [1.29, 1.82) is 0 Å². The SMILES string of the molecule is CNC(=O)c1ccc(NCCOC2CCCCC2)nn1. The van der Waals surface area contributed by atoms with Crippen LogP contribution in [0.25, 0.3) is 0 Å². The summed E-state index contributed by atoms with van der Waals surface area (Å²) in [5.41, 5.74) is 0.316. The molecule has 0 spiro atoms. The molecule has 1 saturated carbocycles. The number of hydrogen-bond acceptors (Lipinski definition) is 5. The van der Waals surface area contributed by atoms with Crippen LogP contribution in [0.2, 0.25) is 0 Å². The maximum absolute atomic E-state index is 11.3. The van der Waals surface area contributed by atoms with Crippen LogP contribution in [0, 0.1) is 0 Å². The summed E-state index contributed by atoms with van der Waals surface area (Å²) < 4.78 is 5.81. The molecule has 0 saturated heterocycles. The van der Waals surface area contributed by atoms with Gasteiger partial charge in [-0.3, -0.25) is 4.79 Å². The van der Waals surface area contributed by atoms with E-state index in [4.69, 9.17) is 4.74 Å². The van der Waals surface area contributed by atoms with E-state index in [9.17, 15) is 4.79 Å². The standard InChI is InChI=1S/C14H22N4O2/c1-15-14(19)12-7-8-13(18-17-12)16-9-10-20-11-5-3-2-4-6-11/h7-8,11H,2-6,9-10H2,1H3,(H,15,19)(H,16,18). The molecular formula is C14H22N4O2. The average molecular weight is 278 g/mol. The number of hydrogen-bond donors (Lipinski definition) is 2. The number of carbonyl (C=O) groups is 1. The minimum absolute atomic E-state index is 0.232. The molecule has 1 heterocycles. The Balaban J connectivity index is 1.67. The number of nitrogens with zero attached hydrogens (tertiary/aromatic N) is 2. The van der Waals surface area contributed by atoms with Crippen molar-refractivity contribution in [2.75, 3.05) is 25.5 Å². The Hall–Kier alpha value is -1.69. The van der Waals surface area contributed by atoms with Gasteiger partial charge in [0.15, 0.2) is 5.69 Å². The summed E-state index contributed by atoms with van der Waals surface area (Å²) in [6.07, 6.45) is 6.69. The van der Waals surface area contributed by atoms with Crippen molar-refractivity contribution in [3.63, 3.8) is 0 Å². The number of aromatic nitrogens is 2. The van der Waals surface area contributed by atoms with Crippen LogP contribution in [-0.4, -0.2) is 42.4 Å². The van der Waals surface area contributed by atoms with Gasteiger partial charge >= 0.3 is 0 Å². The lowest BCUT2D eigenvalue weighted by Crippen LogP contribution is -2.21. The zero-order valence-electron chi connectivity index (χ0n) is 11.9. The van der Waals surface area contributed by atoms with E-state index in [1.54, 1.807) is 19.2 Å². The van der Waals surface area contributed by atoms with Gasteiger partial charge in [0.1, 0.15) is 5.82 Å². The smallest absolute Gasteiger partial charge is 0.271 e. The maximum atomic E-state index is 11.3. The highest BCUT2D eigenvalue weighted by molar-refractivity contribution is 5.91. The minimum Gasteiger partial charge on any atom is -0.376 e. The Morgan fingerprint density at radius 3 is 2.75 bits per heavy atom. The molecule has 0 atom stereocenters. The van der Waals surface area contributed by atoms with E-state index >= 15 is 0 Å². The predicted octanol–water partition coefficient (Wildman–Crippen LogP) is 1.60. The van der Waals surface area contributed by atoms with Gasteiger partial charge in [0.05, 0.1) is 12.7 Å². The monoisotopic (exact) mass is 278 g/mol. The zero-order valence-corrected chi connectivity index (χ0v) is 11.9. The second-order valence-corrected chi connectivity index (χ2v) is 4.94. The summed E-state index contributed by atoms with van der Waals surface area (Å²) >= 11 is 0. The fourth-order valence-electron chi connectivity index (χ4n) is 2.31. The van der Waals surface area contributed by atoms with Crippen LogP contribution in [0.4, 0.5) is 5.82 Å². The number of anilines is 1. The van der Waals surface area contributed by atoms with Gasteiger partial charge in [-0.05, 0) is 25.0 Å². The zero-order chi connectivity index (χ0) is 14.2. The molecule has 1 aliphatic rings. The Morgan fingerprint density at radius 2 is 2.10 bits per heavy atom. The van der Waals surface area contributed by atoms with E-state index < -0.39 is 0 Å². The van der Waals surface area contributed by atoms with Gasteiger partial charge in [-0.1, -0.05) is 19.3 Å². The highest BCUT2D eigenvalue weighted by atomic mass is 16.5. The van der Waals surface area contributed by atoms with E-state index in [2.05, 4.69) is 20.8 Å². The molecule has 2 rings (SSSR count). The summed E-state index contributed by atoms with van der Waals surface area (Å²) in [4.78, 5) is 11.3. The Labute approximate surface area is 119 Å². The molecule has 110 valence electrons. The average Bonchev–Trinajstić information content (AvgIpc) is 2.52. The Kier molecular flexibility index (Phi) is 5.73. The Morgan fingerprint density at radius 1 is 1.30 bits per heavy atom. The van der Waals surface area contributed by atoms with Crippen LogP contribution < -0.4 is 10.6 Å². The van der Waals surface area contributed by atoms with Crippen molar-refractivity contribution >= 4 is 11.7 Å². The fourth-order valence-corrected chi connectivity index (χ4v) is 2.31. The molecule has 2 N–H and O–H groups in total. The molecule has 1 aromatic heterocycles. The van der Waals surface area contributed by atoms with E-state index in [0.29, 0.717) is 30.8 Å². The molecule has 0 aromatic carbocycles. The minimum atomic E-state index is -0.232. The van der Waals surface area contributed by atoms with Crippen LogP contribution in [0.3, 0.4) is 0 Å². The summed E-state index contributed by atoms with van der Waals surface area (Å²) in [6.45, 7) is 1.37. The van der Waals surface area contributed by atoms with Crippen molar-refractivity contribution in [3.05, 3.63) is 17.8 Å². The summed E-state index contributed by atoms with van der Waals surface area (Å²) in [6, 6.07) is 3.40. The van der Waals surface area contributed by atoms with Gasteiger partial charge in [0.25, 0.3) is 5.91 Å². The van der Waals surface area contributed by atoms with Gasteiger partial charge in [-0.15, -0.1) is 10.2 Å². The third-order valence-electron chi connectivity index (χ3n) is 3.44. The largest absolute Gasteiger partial charge is 0.376 e. The first-order valence-electron chi connectivity index (χ1n) is 7.21. The molecule has 0 bridgehead atoms. The first-order valence-corrected chi connectivity index (χ1v) is 7.21. The second-order valence-electron chi connectivity index (χ2n) is 4.94. The quantitative estimate of drug-likeness (QED) is 0.773. The van der Waals surface area contributed by atoms with E-state index in [-0.39, 0.29) is 5.91 Å². The Bertz CT molecular complexity index is 416. The van der Waals surface area contributed by atoms with Gasteiger partial charge < -0.3 is 15.4 Å². The number of nitrogens with one attached hydrogen (secondary N) is 2. The van der Waals surface area contributed by atoms with Gasteiger partial charge in [-0.2, -0.15) is 0 Å². The third kappa shape index (κ3) is 4.45. The van der Waals surface area contributed by atoms with E-state index in [1.165, 1.54) is 32.1 Å². The van der Waals surface area contributed by atoms with Gasteiger partial charge in [0.2, 0.25) is 0 Å². The van der Waals surface area contributed by atoms with Gasteiger partial charge in [0, 0.05) is 13.6 Å². The van der Waals surface area contributed by atoms with Crippen molar-refractivity contribution in [2.45, 2.75) is 38.2 Å². The molecule has 0 unspecified atom stereocenters. The molecule has 1 fully saturated rings. The van der Waals surface area contributed by atoms with Crippen LogP contribution in [0.15, 0.2) is 12.1 Å². The number of carbonyl (C=O) groups excluding carboxylic acids is 1. The molecule has 1 amide bonds.